The van der Waals surface area contributed by atoms with Crippen LogP contribution in [0.15, 0.2) is 76.7 Å². The minimum atomic E-state index is -0.281. The Morgan fingerprint density at radius 1 is 0.833 bits per heavy atom. The van der Waals surface area contributed by atoms with E-state index in [2.05, 4.69) is 10.2 Å². The molecule has 9 heteroatoms. The van der Waals surface area contributed by atoms with Crippen LogP contribution in [0.4, 0.5) is 0 Å². The molecule has 0 radical (unpaired) electrons. The first-order valence-electron chi connectivity index (χ1n) is 11.5. The molecule has 36 heavy (non-hydrogen) atoms. The fourth-order valence-electron chi connectivity index (χ4n) is 4.72. The van der Waals surface area contributed by atoms with Crippen molar-refractivity contribution in [2.24, 2.45) is 0 Å². The number of para-hydroxylation sites is 1. The highest BCUT2D eigenvalue weighted by molar-refractivity contribution is 7.99. The summed E-state index contributed by atoms with van der Waals surface area (Å²) in [5.74, 6) is 0.283. The van der Waals surface area contributed by atoms with Crippen molar-refractivity contribution < 1.29 is 9.59 Å². The highest BCUT2D eigenvalue weighted by atomic mass is 32.2. The second-order valence-corrected chi connectivity index (χ2v) is 9.78. The van der Waals surface area contributed by atoms with Crippen molar-refractivity contribution in [1.82, 2.24) is 24.1 Å². The van der Waals surface area contributed by atoms with Gasteiger partial charge in [-0.2, -0.15) is 0 Å². The molecular formula is C27H21N5O3S. The minimum Gasteiger partial charge on any atom is -0.273 e. The van der Waals surface area contributed by atoms with Crippen LogP contribution in [0, 0.1) is 13.8 Å². The number of carbonyl (C=O) groups is 2. The average molecular weight is 496 g/mol. The molecule has 0 fully saturated rings. The van der Waals surface area contributed by atoms with E-state index < -0.39 is 0 Å². The first-order valence-corrected chi connectivity index (χ1v) is 12.5. The van der Waals surface area contributed by atoms with Crippen molar-refractivity contribution >= 4 is 40.3 Å². The number of imide groups is 1. The number of benzene rings is 3. The number of hydrogen-bond acceptors (Lipinski definition) is 6. The zero-order chi connectivity index (χ0) is 25.0. The van der Waals surface area contributed by atoms with Gasteiger partial charge in [0.15, 0.2) is 5.16 Å². The first-order chi connectivity index (χ1) is 17.5. The van der Waals surface area contributed by atoms with Gasteiger partial charge in [0, 0.05) is 12.3 Å². The highest BCUT2D eigenvalue weighted by Crippen LogP contribution is 2.26. The minimum absolute atomic E-state index is 0.167. The summed E-state index contributed by atoms with van der Waals surface area (Å²) in [4.78, 5) is 40.2. The molecule has 0 atom stereocenters. The number of thioether (sulfide) groups is 1. The summed E-state index contributed by atoms with van der Waals surface area (Å²) in [5.41, 5.74) is 4.21. The largest absolute Gasteiger partial charge is 0.273 e. The molecule has 1 aliphatic rings. The van der Waals surface area contributed by atoms with E-state index in [1.807, 2.05) is 54.6 Å². The summed E-state index contributed by atoms with van der Waals surface area (Å²) in [6.07, 6.45) is 0. The van der Waals surface area contributed by atoms with Gasteiger partial charge in [0.25, 0.3) is 17.4 Å². The number of aryl methyl sites for hydroxylation is 2. The fourth-order valence-corrected chi connectivity index (χ4v) is 5.58. The lowest BCUT2D eigenvalue weighted by atomic mass is 10.1. The maximum absolute atomic E-state index is 13.6. The molecule has 0 aliphatic carbocycles. The SMILES string of the molecule is Cc1ccc(-n2c(=O)c3ccccc3n3c(SCCN4C(=O)c5ccccc5C4=O)nnc23)c(C)c1. The lowest BCUT2D eigenvalue weighted by Gasteiger charge is -2.14. The second-order valence-electron chi connectivity index (χ2n) is 8.72. The topological polar surface area (TPSA) is 89.6 Å². The maximum atomic E-state index is 13.6. The van der Waals surface area contributed by atoms with Crippen molar-refractivity contribution in [3.8, 4) is 5.69 Å². The number of carbonyl (C=O) groups excluding carboxylic acids is 2. The monoisotopic (exact) mass is 495 g/mol. The number of nitrogens with zero attached hydrogens (tertiary/aromatic N) is 5. The molecule has 0 saturated heterocycles. The molecule has 0 unspecified atom stereocenters. The van der Waals surface area contributed by atoms with E-state index in [0.29, 0.717) is 38.7 Å². The third-order valence-electron chi connectivity index (χ3n) is 6.41. The van der Waals surface area contributed by atoms with Gasteiger partial charge >= 0.3 is 0 Å². The molecule has 178 valence electrons. The number of amides is 2. The summed E-state index contributed by atoms with van der Waals surface area (Å²) < 4.78 is 3.46. The maximum Gasteiger partial charge on any atom is 0.267 e. The zero-order valence-corrected chi connectivity index (χ0v) is 20.5. The summed E-state index contributed by atoms with van der Waals surface area (Å²) in [5, 5.41) is 9.91. The van der Waals surface area contributed by atoms with Crippen LogP contribution in [0.25, 0.3) is 22.4 Å². The van der Waals surface area contributed by atoms with Crippen molar-refractivity contribution in [1.29, 1.82) is 0 Å². The van der Waals surface area contributed by atoms with E-state index >= 15 is 0 Å². The predicted octanol–water partition coefficient (Wildman–Crippen LogP) is 4.04. The van der Waals surface area contributed by atoms with Gasteiger partial charge in [0.2, 0.25) is 5.78 Å². The molecule has 0 saturated carbocycles. The Bertz CT molecular complexity index is 1740. The number of aromatic nitrogens is 4. The molecule has 2 aromatic heterocycles. The molecule has 0 bridgehead atoms. The molecule has 5 aromatic rings. The van der Waals surface area contributed by atoms with Crippen LogP contribution < -0.4 is 5.56 Å². The van der Waals surface area contributed by atoms with Crippen molar-refractivity contribution in [2.75, 3.05) is 12.3 Å². The van der Waals surface area contributed by atoms with Crippen LogP contribution >= 0.6 is 11.8 Å². The molecule has 6 rings (SSSR count). The number of fused-ring (bicyclic) bond motifs is 4. The van der Waals surface area contributed by atoms with Gasteiger partial charge in [-0.15, -0.1) is 10.2 Å². The standard InChI is InChI=1S/C27H21N5O3S/c1-16-11-12-21(17(2)15-16)31-25(35)20-9-5-6-10-22(20)32-26(31)28-29-27(32)36-14-13-30-23(33)18-7-3-4-8-19(18)24(30)34/h3-12,15H,13-14H2,1-2H3. The van der Waals surface area contributed by atoms with Crippen LogP contribution in [0.3, 0.4) is 0 Å². The van der Waals surface area contributed by atoms with E-state index in [0.717, 1.165) is 16.8 Å². The van der Waals surface area contributed by atoms with Gasteiger partial charge in [0.1, 0.15) is 0 Å². The molecule has 0 spiro atoms. The fraction of sp³-hybridized carbons (Fsp3) is 0.148. The van der Waals surface area contributed by atoms with Gasteiger partial charge in [-0.1, -0.05) is 53.7 Å². The predicted molar refractivity (Wildman–Crippen MR) is 138 cm³/mol. The average Bonchev–Trinajstić information content (AvgIpc) is 3.40. The van der Waals surface area contributed by atoms with Gasteiger partial charge in [-0.05, 0) is 49.7 Å². The Labute approximate surface area is 210 Å². The van der Waals surface area contributed by atoms with E-state index in [1.54, 1.807) is 34.9 Å². The van der Waals surface area contributed by atoms with Crippen molar-refractivity contribution in [3.05, 3.63) is 99.3 Å². The van der Waals surface area contributed by atoms with Gasteiger partial charge < -0.3 is 0 Å². The lowest BCUT2D eigenvalue weighted by molar-refractivity contribution is 0.0664. The molecule has 1 aliphatic heterocycles. The second kappa shape index (κ2) is 8.46. The molecule has 3 heterocycles. The van der Waals surface area contributed by atoms with Gasteiger partial charge in [0.05, 0.1) is 27.7 Å². The molecule has 8 nitrogen and oxygen atoms in total. The Kier molecular flexibility index (Phi) is 5.22. The smallest absolute Gasteiger partial charge is 0.267 e. The third kappa shape index (κ3) is 3.35. The van der Waals surface area contributed by atoms with E-state index in [-0.39, 0.29) is 23.9 Å². The van der Waals surface area contributed by atoms with Crippen molar-refractivity contribution in [2.45, 2.75) is 19.0 Å². The summed E-state index contributed by atoms with van der Waals surface area (Å²) in [7, 11) is 0. The highest BCUT2D eigenvalue weighted by Gasteiger charge is 2.34. The Balaban J connectivity index is 1.39. The third-order valence-corrected chi connectivity index (χ3v) is 7.32. The van der Waals surface area contributed by atoms with E-state index in [9.17, 15) is 14.4 Å². The van der Waals surface area contributed by atoms with Crippen molar-refractivity contribution in [3.63, 3.8) is 0 Å². The molecule has 0 N–H and O–H groups in total. The number of hydrogen-bond donors (Lipinski definition) is 0. The molecule has 3 aromatic carbocycles. The van der Waals surface area contributed by atoms with Crippen LogP contribution in [0.1, 0.15) is 31.8 Å². The summed E-state index contributed by atoms with van der Waals surface area (Å²) in [6.45, 7) is 4.21. The van der Waals surface area contributed by atoms with E-state index in [4.69, 9.17) is 0 Å². The summed E-state index contributed by atoms with van der Waals surface area (Å²) in [6, 6.07) is 20.1. The normalized spacial score (nSPS) is 13.2. The first kappa shape index (κ1) is 22.2. The molecule has 2 amide bonds. The Morgan fingerprint density at radius 2 is 1.53 bits per heavy atom. The zero-order valence-electron chi connectivity index (χ0n) is 19.6. The molecular weight excluding hydrogens is 474 g/mol. The Hall–Kier alpha value is -4.24. The van der Waals surface area contributed by atoms with E-state index in [1.165, 1.54) is 16.7 Å². The summed E-state index contributed by atoms with van der Waals surface area (Å²) >= 11 is 1.39. The van der Waals surface area contributed by atoms with Crippen LogP contribution in [0.5, 0.6) is 0 Å². The van der Waals surface area contributed by atoms with Gasteiger partial charge in [-0.3, -0.25) is 23.7 Å². The Morgan fingerprint density at radius 3 is 2.25 bits per heavy atom. The van der Waals surface area contributed by atoms with Crippen LogP contribution in [-0.2, 0) is 0 Å². The van der Waals surface area contributed by atoms with Gasteiger partial charge in [-0.25, -0.2) is 4.57 Å². The quantitative estimate of drug-likeness (QED) is 0.270. The number of rotatable bonds is 5. The van der Waals surface area contributed by atoms with Crippen LogP contribution in [0.2, 0.25) is 0 Å². The van der Waals surface area contributed by atoms with Crippen LogP contribution in [-0.4, -0.2) is 48.2 Å². The lowest BCUT2D eigenvalue weighted by Crippen LogP contribution is -2.31.